The number of carbonyl (C=O) groups excluding carboxylic acids is 1. The van der Waals surface area contributed by atoms with E-state index in [1.807, 2.05) is 12.3 Å². The molecule has 78 valence electrons. The predicted octanol–water partition coefficient (Wildman–Crippen LogP) is 0.884. The minimum Gasteiger partial charge on any atom is -0.465 e. The summed E-state index contributed by atoms with van der Waals surface area (Å²) in [7, 11) is 0. The van der Waals surface area contributed by atoms with Crippen LogP contribution in [0.3, 0.4) is 0 Å². The molecule has 1 heterocycles. The van der Waals surface area contributed by atoms with Gasteiger partial charge in [0.25, 0.3) is 0 Å². The molecule has 0 saturated heterocycles. The molecule has 0 saturated carbocycles. The van der Waals surface area contributed by atoms with Gasteiger partial charge in [-0.3, -0.25) is 4.79 Å². The number of nitrogens with two attached hydrogens (primary N) is 1. The van der Waals surface area contributed by atoms with Gasteiger partial charge in [0.05, 0.1) is 17.3 Å². The number of aryl methyl sites for hydroxylation is 1. The molecule has 1 rings (SSSR count). The van der Waals surface area contributed by atoms with Crippen LogP contribution in [0.1, 0.15) is 17.6 Å². The normalized spacial score (nSPS) is 12.5. The van der Waals surface area contributed by atoms with Gasteiger partial charge in [0.2, 0.25) is 0 Å². The molecule has 1 atom stereocenters. The third-order valence-electron chi connectivity index (χ3n) is 1.68. The van der Waals surface area contributed by atoms with Crippen LogP contribution in [-0.4, -0.2) is 23.6 Å². The summed E-state index contributed by atoms with van der Waals surface area (Å²) in [5, 5.41) is 2.89. The Kier molecular flexibility index (Phi) is 4.03. The van der Waals surface area contributed by atoms with E-state index < -0.39 is 6.04 Å². The van der Waals surface area contributed by atoms with Crippen LogP contribution in [0.2, 0.25) is 0 Å². The number of nitrogens with zero attached hydrogens (tertiary/aromatic N) is 1. The molecule has 1 aromatic heterocycles. The van der Waals surface area contributed by atoms with Crippen molar-refractivity contribution in [2.24, 2.45) is 5.73 Å². The van der Waals surface area contributed by atoms with Crippen molar-refractivity contribution in [2.75, 3.05) is 6.61 Å². The van der Waals surface area contributed by atoms with E-state index in [1.54, 1.807) is 18.3 Å². The first-order chi connectivity index (χ1) is 6.63. The molecule has 4 nitrogen and oxygen atoms in total. The molecule has 1 aromatic rings. The van der Waals surface area contributed by atoms with E-state index in [0.717, 1.165) is 10.7 Å². The molecule has 0 aliphatic rings. The van der Waals surface area contributed by atoms with Gasteiger partial charge in [-0.15, -0.1) is 11.3 Å². The molecular formula is C9H14N2O2S. The number of thiazole rings is 1. The molecule has 0 radical (unpaired) electrons. The smallest absolute Gasteiger partial charge is 0.323 e. The minimum atomic E-state index is -0.601. The zero-order chi connectivity index (χ0) is 10.6. The van der Waals surface area contributed by atoms with Gasteiger partial charge in [0.1, 0.15) is 6.04 Å². The SMILES string of the molecule is CCOC(=O)C(N)Cc1csc(C)n1. The second kappa shape index (κ2) is 5.07. The lowest BCUT2D eigenvalue weighted by Crippen LogP contribution is -2.34. The maximum absolute atomic E-state index is 11.2. The van der Waals surface area contributed by atoms with Crippen LogP contribution in [0, 0.1) is 6.92 Å². The topological polar surface area (TPSA) is 65.2 Å². The van der Waals surface area contributed by atoms with E-state index in [2.05, 4.69) is 4.98 Å². The lowest BCUT2D eigenvalue weighted by Gasteiger charge is -2.08. The molecule has 0 spiro atoms. The zero-order valence-electron chi connectivity index (χ0n) is 8.32. The Bertz CT molecular complexity index is 312. The van der Waals surface area contributed by atoms with Gasteiger partial charge in [-0.25, -0.2) is 4.98 Å². The van der Waals surface area contributed by atoms with Gasteiger partial charge < -0.3 is 10.5 Å². The van der Waals surface area contributed by atoms with Crippen LogP contribution in [0.4, 0.5) is 0 Å². The average Bonchev–Trinajstić information content (AvgIpc) is 2.51. The highest BCUT2D eigenvalue weighted by Gasteiger charge is 2.16. The Morgan fingerprint density at radius 3 is 3.00 bits per heavy atom. The average molecular weight is 214 g/mol. The Balaban J connectivity index is 2.48. The molecule has 0 aromatic carbocycles. The second-order valence-corrected chi connectivity index (χ2v) is 3.98. The fourth-order valence-corrected chi connectivity index (χ4v) is 1.69. The van der Waals surface area contributed by atoms with E-state index in [-0.39, 0.29) is 5.97 Å². The first-order valence-corrected chi connectivity index (χ1v) is 5.34. The first kappa shape index (κ1) is 11.1. The highest BCUT2D eigenvalue weighted by atomic mass is 32.1. The zero-order valence-corrected chi connectivity index (χ0v) is 9.13. The largest absolute Gasteiger partial charge is 0.465 e. The maximum atomic E-state index is 11.2. The van der Waals surface area contributed by atoms with Crippen molar-refractivity contribution in [1.29, 1.82) is 0 Å². The van der Waals surface area contributed by atoms with Gasteiger partial charge >= 0.3 is 5.97 Å². The summed E-state index contributed by atoms with van der Waals surface area (Å²) < 4.78 is 4.79. The third kappa shape index (κ3) is 3.08. The molecule has 0 aliphatic heterocycles. The lowest BCUT2D eigenvalue weighted by atomic mass is 10.2. The van der Waals surface area contributed by atoms with Crippen molar-refractivity contribution < 1.29 is 9.53 Å². The van der Waals surface area contributed by atoms with Gasteiger partial charge in [0, 0.05) is 11.8 Å². The van der Waals surface area contributed by atoms with Crippen molar-refractivity contribution in [1.82, 2.24) is 4.98 Å². The summed E-state index contributed by atoms with van der Waals surface area (Å²) >= 11 is 1.55. The van der Waals surface area contributed by atoms with E-state index in [0.29, 0.717) is 13.0 Å². The van der Waals surface area contributed by atoms with Crippen LogP contribution in [-0.2, 0) is 16.0 Å². The molecule has 5 heteroatoms. The number of hydrogen-bond donors (Lipinski definition) is 1. The van der Waals surface area contributed by atoms with Crippen LogP contribution >= 0.6 is 11.3 Å². The number of carbonyl (C=O) groups is 1. The highest BCUT2D eigenvalue weighted by Crippen LogP contribution is 2.09. The maximum Gasteiger partial charge on any atom is 0.323 e. The molecule has 1 unspecified atom stereocenters. The van der Waals surface area contributed by atoms with Crippen molar-refractivity contribution in [3.8, 4) is 0 Å². The molecule has 2 N–H and O–H groups in total. The number of aromatic nitrogens is 1. The first-order valence-electron chi connectivity index (χ1n) is 4.46. The molecular weight excluding hydrogens is 200 g/mol. The highest BCUT2D eigenvalue weighted by molar-refractivity contribution is 7.09. The van der Waals surface area contributed by atoms with Gasteiger partial charge in [-0.2, -0.15) is 0 Å². The monoisotopic (exact) mass is 214 g/mol. The lowest BCUT2D eigenvalue weighted by molar-refractivity contribution is -0.144. The van der Waals surface area contributed by atoms with Crippen molar-refractivity contribution in [3.05, 3.63) is 16.1 Å². The molecule has 14 heavy (non-hydrogen) atoms. The van der Waals surface area contributed by atoms with Crippen LogP contribution in [0.25, 0.3) is 0 Å². The molecule has 0 aliphatic carbocycles. The predicted molar refractivity (Wildman–Crippen MR) is 55.2 cm³/mol. The standard InChI is InChI=1S/C9H14N2O2S/c1-3-13-9(12)8(10)4-7-5-14-6(2)11-7/h5,8H,3-4,10H2,1-2H3. The number of esters is 1. The second-order valence-electron chi connectivity index (χ2n) is 2.92. The summed E-state index contributed by atoms with van der Waals surface area (Å²) in [6.45, 7) is 4.05. The summed E-state index contributed by atoms with van der Waals surface area (Å²) in [5.74, 6) is -0.363. The molecule has 0 bridgehead atoms. The van der Waals surface area contributed by atoms with E-state index in [1.165, 1.54) is 0 Å². The Morgan fingerprint density at radius 2 is 2.50 bits per heavy atom. The third-order valence-corrected chi connectivity index (χ3v) is 2.51. The number of rotatable bonds is 4. The van der Waals surface area contributed by atoms with Crippen molar-refractivity contribution in [3.63, 3.8) is 0 Å². The Hall–Kier alpha value is -0.940. The molecule has 0 amide bonds. The number of hydrogen-bond acceptors (Lipinski definition) is 5. The van der Waals surface area contributed by atoms with E-state index >= 15 is 0 Å². The van der Waals surface area contributed by atoms with E-state index in [9.17, 15) is 4.79 Å². The van der Waals surface area contributed by atoms with Gasteiger partial charge in [-0.05, 0) is 13.8 Å². The van der Waals surface area contributed by atoms with Crippen LogP contribution in [0.15, 0.2) is 5.38 Å². The van der Waals surface area contributed by atoms with Crippen molar-refractivity contribution >= 4 is 17.3 Å². The Morgan fingerprint density at radius 1 is 1.79 bits per heavy atom. The minimum absolute atomic E-state index is 0.363. The van der Waals surface area contributed by atoms with E-state index in [4.69, 9.17) is 10.5 Å². The number of ether oxygens (including phenoxy) is 1. The molecule has 0 fully saturated rings. The fourth-order valence-electron chi connectivity index (χ4n) is 1.06. The summed E-state index contributed by atoms with van der Waals surface area (Å²) in [6, 6.07) is -0.601. The Labute approximate surface area is 87.1 Å². The fraction of sp³-hybridized carbons (Fsp3) is 0.556. The quantitative estimate of drug-likeness (QED) is 0.756. The summed E-state index contributed by atoms with van der Waals surface area (Å²) in [5.41, 5.74) is 6.49. The summed E-state index contributed by atoms with van der Waals surface area (Å²) in [6.07, 6.45) is 0.448. The van der Waals surface area contributed by atoms with Gasteiger partial charge in [0.15, 0.2) is 0 Å². The van der Waals surface area contributed by atoms with Crippen LogP contribution in [0.5, 0.6) is 0 Å². The van der Waals surface area contributed by atoms with Gasteiger partial charge in [-0.1, -0.05) is 0 Å². The van der Waals surface area contributed by atoms with Crippen molar-refractivity contribution in [2.45, 2.75) is 26.3 Å². The summed E-state index contributed by atoms with van der Waals surface area (Å²) in [4.78, 5) is 15.4. The van der Waals surface area contributed by atoms with Crippen LogP contribution < -0.4 is 5.73 Å².